The first kappa shape index (κ1) is 23.5. The molecule has 0 N–H and O–H groups in total. The maximum absolute atomic E-state index is 14.4. The standard InChI is InChI=1S/C27H22F3NS/c1-3-5-6-18-7-8-21(24(28)13-18)11-9-20-10-12-22(14-19(20)4-2)23-15-25(29)27(31-17-32)26(30)16-23/h7-8,10,12-16H,3-6H2,1-2H3. The second-order valence-electron chi connectivity index (χ2n) is 7.38. The summed E-state index contributed by atoms with van der Waals surface area (Å²) >= 11 is 4.43. The first-order chi connectivity index (χ1) is 15.5. The first-order valence-corrected chi connectivity index (χ1v) is 10.9. The molecule has 3 aromatic carbocycles. The molecule has 0 unspecified atom stereocenters. The molecule has 0 atom stereocenters. The summed E-state index contributed by atoms with van der Waals surface area (Å²) in [5.74, 6) is 4.01. The predicted octanol–water partition coefficient (Wildman–Crippen LogP) is 7.81. The van der Waals surface area contributed by atoms with Crippen LogP contribution in [0.15, 0.2) is 53.5 Å². The number of benzene rings is 3. The largest absolute Gasteiger partial charge is 0.206 e. The number of rotatable bonds is 6. The van der Waals surface area contributed by atoms with Crippen molar-refractivity contribution >= 4 is 23.1 Å². The molecule has 0 aromatic heterocycles. The van der Waals surface area contributed by atoms with E-state index >= 15 is 0 Å². The van der Waals surface area contributed by atoms with Crippen molar-refractivity contribution in [1.82, 2.24) is 0 Å². The van der Waals surface area contributed by atoms with Gasteiger partial charge in [-0.1, -0.05) is 44.2 Å². The molecular weight excluding hydrogens is 427 g/mol. The van der Waals surface area contributed by atoms with Crippen LogP contribution in [0.25, 0.3) is 11.1 Å². The summed E-state index contributed by atoms with van der Waals surface area (Å²) in [5.41, 5.74) is 3.53. The van der Waals surface area contributed by atoms with E-state index in [1.54, 1.807) is 24.3 Å². The third-order valence-electron chi connectivity index (χ3n) is 5.18. The SMILES string of the molecule is CCCCc1ccc(C#Cc2ccc(-c3cc(F)c(N=C=S)c(F)c3)cc2CC)c(F)c1. The average Bonchev–Trinajstić information content (AvgIpc) is 2.79. The highest BCUT2D eigenvalue weighted by atomic mass is 32.1. The van der Waals surface area contributed by atoms with Crippen LogP contribution in [0, 0.1) is 29.3 Å². The lowest BCUT2D eigenvalue weighted by molar-refractivity contribution is 0.588. The zero-order valence-electron chi connectivity index (χ0n) is 17.9. The molecule has 0 aliphatic rings. The number of nitrogens with zero attached hydrogens (tertiary/aromatic N) is 1. The highest BCUT2D eigenvalue weighted by molar-refractivity contribution is 7.78. The lowest BCUT2D eigenvalue weighted by Crippen LogP contribution is -1.92. The number of halogens is 3. The van der Waals surface area contributed by atoms with Gasteiger partial charge in [0.15, 0.2) is 11.6 Å². The number of hydrogen-bond acceptors (Lipinski definition) is 2. The summed E-state index contributed by atoms with van der Waals surface area (Å²) in [5, 5.41) is 1.98. The summed E-state index contributed by atoms with van der Waals surface area (Å²) in [6.07, 6.45) is 3.59. The third kappa shape index (κ3) is 5.53. The van der Waals surface area contributed by atoms with Crippen LogP contribution in [0.4, 0.5) is 18.9 Å². The molecule has 5 heteroatoms. The van der Waals surface area contributed by atoms with Crippen molar-refractivity contribution in [2.24, 2.45) is 4.99 Å². The molecular formula is C27H22F3NS. The minimum absolute atomic E-state index is 0.328. The van der Waals surface area contributed by atoms with E-state index in [1.807, 2.05) is 24.2 Å². The highest BCUT2D eigenvalue weighted by Gasteiger charge is 2.12. The Kier molecular flexibility index (Phi) is 8.00. The predicted molar refractivity (Wildman–Crippen MR) is 127 cm³/mol. The van der Waals surface area contributed by atoms with E-state index in [0.29, 0.717) is 23.1 Å². The summed E-state index contributed by atoms with van der Waals surface area (Å²) in [6.45, 7) is 4.07. The second-order valence-corrected chi connectivity index (χ2v) is 7.57. The molecule has 0 saturated carbocycles. The molecule has 1 nitrogen and oxygen atoms in total. The zero-order valence-corrected chi connectivity index (χ0v) is 18.8. The van der Waals surface area contributed by atoms with Crippen molar-refractivity contribution in [3.63, 3.8) is 0 Å². The van der Waals surface area contributed by atoms with Gasteiger partial charge in [-0.05, 0) is 90.1 Å². The van der Waals surface area contributed by atoms with Crippen LogP contribution in [0.5, 0.6) is 0 Å². The van der Waals surface area contributed by atoms with Crippen LogP contribution in [0.2, 0.25) is 0 Å². The van der Waals surface area contributed by atoms with E-state index in [4.69, 9.17) is 0 Å². The van der Waals surface area contributed by atoms with E-state index in [-0.39, 0.29) is 5.82 Å². The van der Waals surface area contributed by atoms with Gasteiger partial charge in [-0.3, -0.25) is 0 Å². The highest BCUT2D eigenvalue weighted by Crippen LogP contribution is 2.30. The fourth-order valence-electron chi connectivity index (χ4n) is 3.40. The fourth-order valence-corrected chi connectivity index (χ4v) is 3.49. The maximum Gasteiger partial charge on any atom is 0.153 e. The zero-order chi connectivity index (χ0) is 23.1. The van der Waals surface area contributed by atoms with E-state index in [2.05, 4.69) is 36.0 Å². The van der Waals surface area contributed by atoms with Crippen molar-refractivity contribution in [3.8, 4) is 23.0 Å². The summed E-state index contributed by atoms with van der Waals surface area (Å²) in [4.78, 5) is 3.43. The van der Waals surface area contributed by atoms with Crippen LogP contribution in [-0.4, -0.2) is 5.16 Å². The Hall–Kier alpha value is -3.19. The fraction of sp³-hybridized carbons (Fsp3) is 0.222. The summed E-state index contributed by atoms with van der Waals surface area (Å²) in [6, 6.07) is 13.0. The number of isothiocyanates is 1. The van der Waals surface area contributed by atoms with Crippen LogP contribution in [0.1, 0.15) is 48.9 Å². The minimum Gasteiger partial charge on any atom is -0.206 e. The molecule has 0 fully saturated rings. The number of aliphatic imine (C=N–C) groups is 1. The Labute approximate surface area is 192 Å². The van der Waals surface area contributed by atoms with Gasteiger partial charge in [0.25, 0.3) is 0 Å². The molecule has 0 saturated heterocycles. The maximum atomic E-state index is 14.4. The normalized spacial score (nSPS) is 10.3. The summed E-state index contributed by atoms with van der Waals surface area (Å²) in [7, 11) is 0. The van der Waals surface area contributed by atoms with Gasteiger partial charge in [-0.15, -0.1) is 0 Å². The molecule has 3 aromatic rings. The van der Waals surface area contributed by atoms with Crippen LogP contribution < -0.4 is 0 Å². The van der Waals surface area contributed by atoms with E-state index in [1.165, 1.54) is 12.1 Å². The molecule has 32 heavy (non-hydrogen) atoms. The number of thiocarbonyl (C=S) groups is 1. The Balaban J connectivity index is 1.92. The van der Waals surface area contributed by atoms with Crippen LogP contribution in [0.3, 0.4) is 0 Å². The van der Waals surface area contributed by atoms with Gasteiger partial charge in [-0.25, -0.2) is 13.2 Å². The number of hydrogen-bond donors (Lipinski definition) is 0. The molecule has 162 valence electrons. The van der Waals surface area contributed by atoms with Gasteiger partial charge in [-0.2, -0.15) is 4.99 Å². The van der Waals surface area contributed by atoms with Crippen LogP contribution >= 0.6 is 12.2 Å². The summed E-state index contributed by atoms with van der Waals surface area (Å²) < 4.78 is 42.8. The minimum atomic E-state index is -0.808. The van der Waals surface area contributed by atoms with Crippen molar-refractivity contribution in [3.05, 3.63) is 88.2 Å². The molecule has 0 amide bonds. The Morgan fingerprint density at radius 1 is 0.812 bits per heavy atom. The van der Waals surface area contributed by atoms with Crippen molar-refractivity contribution in [1.29, 1.82) is 0 Å². The molecule has 0 heterocycles. The van der Waals surface area contributed by atoms with Gasteiger partial charge in [0.2, 0.25) is 0 Å². The van der Waals surface area contributed by atoms with E-state index in [0.717, 1.165) is 36.0 Å². The van der Waals surface area contributed by atoms with Gasteiger partial charge in [0, 0.05) is 5.56 Å². The lowest BCUT2D eigenvalue weighted by Gasteiger charge is -2.08. The van der Waals surface area contributed by atoms with E-state index < -0.39 is 17.3 Å². The molecule has 0 radical (unpaired) electrons. The van der Waals surface area contributed by atoms with Crippen LogP contribution in [-0.2, 0) is 12.8 Å². The topological polar surface area (TPSA) is 12.4 Å². The van der Waals surface area contributed by atoms with Gasteiger partial charge in [0.1, 0.15) is 11.5 Å². The quantitative estimate of drug-likeness (QED) is 0.212. The number of unbranched alkanes of at least 4 members (excludes halogenated alkanes) is 1. The first-order valence-electron chi connectivity index (χ1n) is 10.5. The monoisotopic (exact) mass is 449 g/mol. The lowest BCUT2D eigenvalue weighted by atomic mass is 9.97. The van der Waals surface area contributed by atoms with Crippen molar-refractivity contribution in [2.75, 3.05) is 0 Å². The Morgan fingerprint density at radius 3 is 2.12 bits per heavy atom. The smallest absolute Gasteiger partial charge is 0.153 e. The molecule has 3 rings (SSSR count). The van der Waals surface area contributed by atoms with Crippen molar-refractivity contribution < 1.29 is 13.2 Å². The molecule has 0 aliphatic carbocycles. The van der Waals surface area contributed by atoms with E-state index in [9.17, 15) is 13.2 Å². The Morgan fingerprint density at radius 2 is 1.50 bits per heavy atom. The van der Waals surface area contributed by atoms with Gasteiger partial charge < -0.3 is 0 Å². The molecule has 0 aliphatic heterocycles. The second kappa shape index (κ2) is 10.9. The number of aryl methyl sites for hydroxylation is 2. The average molecular weight is 450 g/mol. The third-order valence-corrected chi connectivity index (χ3v) is 5.27. The van der Waals surface area contributed by atoms with Crippen molar-refractivity contribution in [2.45, 2.75) is 39.5 Å². The molecule has 0 bridgehead atoms. The Bertz CT molecular complexity index is 1220. The van der Waals surface area contributed by atoms with Gasteiger partial charge >= 0.3 is 0 Å². The molecule has 0 spiro atoms. The van der Waals surface area contributed by atoms with Gasteiger partial charge in [0.05, 0.1) is 10.7 Å².